The number of thiophene rings is 1. The van der Waals surface area contributed by atoms with E-state index in [-0.39, 0.29) is 12.2 Å². The summed E-state index contributed by atoms with van der Waals surface area (Å²) in [6, 6.07) is 5.73. The zero-order chi connectivity index (χ0) is 13.4. The summed E-state index contributed by atoms with van der Waals surface area (Å²) in [5.74, 6) is -0.308. The van der Waals surface area contributed by atoms with Crippen molar-refractivity contribution in [2.45, 2.75) is 6.42 Å². The molecule has 3 rings (SSSR count). The van der Waals surface area contributed by atoms with E-state index in [4.69, 9.17) is 5.11 Å². The average molecular weight is 339 g/mol. The smallest absolute Gasteiger partial charge is 0.311 e. The molecule has 0 fully saturated rings. The number of rotatable bonds is 3. The maximum absolute atomic E-state index is 10.7. The minimum atomic E-state index is -0.962. The number of hydrogen-bond acceptors (Lipinski definition) is 5. The van der Waals surface area contributed by atoms with Gasteiger partial charge in [0.15, 0.2) is 5.82 Å². The largest absolute Gasteiger partial charge is 0.481 e. The van der Waals surface area contributed by atoms with Crippen LogP contribution in [0.4, 0.5) is 0 Å². The van der Waals surface area contributed by atoms with Gasteiger partial charge in [-0.15, -0.1) is 16.4 Å². The molecule has 0 saturated carbocycles. The molecule has 0 aliphatic heterocycles. The molecule has 0 aliphatic rings. The van der Waals surface area contributed by atoms with Crippen LogP contribution in [0, 0.1) is 0 Å². The standard InChI is InChI=1S/C11H7BrN4O2S/c12-8-2-1-7(19-8)6-3-4-13-11-14-9(5-10(17)18)15-16(6)11/h1-4H,5H2,(H,17,18). The van der Waals surface area contributed by atoms with Crippen molar-refractivity contribution < 1.29 is 9.90 Å². The number of halogens is 1. The molecule has 0 amide bonds. The Morgan fingerprint density at radius 2 is 2.26 bits per heavy atom. The first-order chi connectivity index (χ1) is 9.13. The van der Waals surface area contributed by atoms with Crippen molar-refractivity contribution in [3.05, 3.63) is 34.0 Å². The van der Waals surface area contributed by atoms with Gasteiger partial charge in [-0.05, 0) is 34.1 Å². The van der Waals surface area contributed by atoms with Crippen molar-refractivity contribution >= 4 is 39.0 Å². The van der Waals surface area contributed by atoms with E-state index in [0.29, 0.717) is 5.78 Å². The first-order valence-electron chi connectivity index (χ1n) is 5.31. The minimum Gasteiger partial charge on any atom is -0.481 e. The molecule has 3 aromatic rings. The van der Waals surface area contributed by atoms with E-state index in [9.17, 15) is 4.79 Å². The Morgan fingerprint density at radius 1 is 1.42 bits per heavy atom. The third-order valence-electron chi connectivity index (χ3n) is 2.42. The highest BCUT2D eigenvalue weighted by Crippen LogP contribution is 2.30. The fourth-order valence-corrected chi connectivity index (χ4v) is 3.08. The van der Waals surface area contributed by atoms with Crippen molar-refractivity contribution in [2.24, 2.45) is 0 Å². The third-order valence-corrected chi connectivity index (χ3v) is 4.07. The lowest BCUT2D eigenvalue weighted by Gasteiger charge is -1.99. The van der Waals surface area contributed by atoms with Gasteiger partial charge in [-0.2, -0.15) is 9.50 Å². The van der Waals surface area contributed by atoms with E-state index in [1.54, 1.807) is 22.0 Å². The predicted octanol–water partition coefficient (Wildman–Crippen LogP) is 2.24. The topological polar surface area (TPSA) is 80.4 Å². The molecule has 8 heteroatoms. The summed E-state index contributed by atoms with van der Waals surface area (Å²) in [6.07, 6.45) is 1.43. The second-order valence-corrected chi connectivity index (χ2v) is 6.21. The highest BCUT2D eigenvalue weighted by molar-refractivity contribution is 9.11. The Balaban J connectivity index is 2.14. The van der Waals surface area contributed by atoms with Crippen LogP contribution in [0.1, 0.15) is 5.82 Å². The fraction of sp³-hybridized carbons (Fsp3) is 0.0909. The highest BCUT2D eigenvalue weighted by atomic mass is 79.9. The molecule has 0 aromatic carbocycles. The summed E-state index contributed by atoms with van der Waals surface area (Å²) in [5.41, 5.74) is 0.838. The van der Waals surface area contributed by atoms with Gasteiger partial charge in [0.1, 0.15) is 6.42 Å². The third kappa shape index (κ3) is 2.36. The number of fused-ring (bicyclic) bond motifs is 1. The molecule has 0 unspecified atom stereocenters. The number of carboxylic acids is 1. The predicted molar refractivity (Wildman–Crippen MR) is 73.1 cm³/mol. The normalized spacial score (nSPS) is 11.0. The molecule has 0 saturated heterocycles. The number of hydrogen-bond donors (Lipinski definition) is 1. The quantitative estimate of drug-likeness (QED) is 0.792. The summed E-state index contributed by atoms with van der Waals surface area (Å²) in [6.45, 7) is 0. The summed E-state index contributed by atoms with van der Waals surface area (Å²) >= 11 is 4.97. The first kappa shape index (κ1) is 12.2. The van der Waals surface area contributed by atoms with Gasteiger partial charge in [-0.25, -0.2) is 4.98 Å². The lowest BCUT2D eigenvalue weighted by Crippen LogP contribution is -2.02. The Labute approximate surface area is 119 Å². The average Bonchev–Trinajstić information content (AvgIpc) is 2.93. The van der Waals surface area contributed by atoms with Crippen molar-refractivity contribution in [3.63, 3.8) is 0 Å². The van der Waals surface area contributed by atoms with Crippen LogP contribution in [0.5, 0.6) is 0 Å². The van der Waals surface area contributed by atoms with Gasteiger partial charge in [-0.3, -0.25) is 4.79 Å². The lowest BCUT2D eigenvalue weighted by molar-refractivity contribution is -0.136. The van der Waals surface area contributed by atoms with E-state index < -0.39 is 5.97 Å². The van der Waals surface area contributed by atoms with E-state index in [2.05, 4.69) is 31.0 Å². The molecule has 3 aromatic heterocycles. The molecule has 0 spiro atoms. The number of carbonyl (C=O) groups is 1. The maximum Gasteiger partial charge on any atom is 0.311 e. The Bertz CT molecular complexity index is 767. The minimum absolute atomic E-state index is 0.211. The molecule has 1 N–H and O–H groups in total. The van der Waals surface area contributed by atoms with Crippen LogP contribution in [0.2, 0.25) is 0 Å². The van der Waals surface area contributed by atoms with Crippen LogP contribution in [-0.2, 0) is 11.2 Å². The van der Waals surface area contributed by atoms with Gasteiger partial charge in [-0.1, -0.05) is 0 Å². The first-order valence-corrected chi connectivity index (χ1v) is 6.92. The summed E-state index contributed by atoms with van der Waals surface area (Å²) in [4.78, 5) is 19.9. The number of aromatic nitrogens is 4. The fourth-order valence-electron chi connectivity index (χ4n) is 1.68. The van der Waals surface area contributed by atoms with Crippen molar-refractivity contribution in [2.75, 3.05) is 0 Å². The molecule has 6 nitrogen and oxygen atoms in total. The highest BCUT2D eigenvalue weighted by Gasteiger charge is 2.13. The second kappa shape index (κ2) is 4.71. The Kier molecular flexibility index (Phi) is 3.03. The number of aliphatic carboxylic acids is 1. The second-order valence-electron chi connectivity index (χ2n) is 3.74. The zero-order valence-electron chi connectivity index (χ0n) is 9.45. The summed E-state index contributed by atoms with van der Waals surface area (Å²) in [5, 5.41) is 13.0. The Hall–Kier alpha value is -1.80. The van der Waals surface area contributed by atoms with Gasteiger partial charge < -0.3 is 5.11 Å². The van der Waals surface area contributed by atoms with Crippen LogP contribution in [0.15, 0.2) is 28.2 Å². The molecule has 0 bridgehead atoms. The molecule has 96 valence electrons. The van der Waals surface area contributed by atoms with Crippen LogP contribution >= 0.6 is 27.3 Å². The Morgan fingerprint density at radius 3 is 2.95 bits per heavy atom. The van der Waals surface area contributed by atoms with E-state index in [0.717, 1.165) is 14.4 Å². The van der Waals surface area contributed by atoms with Gasteiger partial charge in [0, 0.05) is 6.20 Å². The van der Waals surface area contributed by atoms with E-state index >= 15 is 0 Å². The van der Waals surface area contributed by atoms with Crippen molar-refractivity contribution in [1.82, 2.24) is 19.6 Å². The molecule has 0 atom stereocenters. The van der Waals surface area contributed by atoms with Crippen molar-refractivity contribution in [3.8, 4) is 10.6 Å². The molecular formula is C11H7BrN4O2S. The molecule has 3 heterocycles. The van der Waals surface area contributed by atoms with Crippen LogP contribution < -0.4 is 0 Å². The van der Waals surface area contributed by atoms with Gasteiger partial charge in [0.2, 0.25) is 0 Å². The zero-order valence-corrected chi connectivity index (χ0v) is 11.8. The van der Waals surface area contributed by atoms with Crippen LogP contribution in [0.25, 0.3) is 16.3 Å². The number of carboxylic acid groups (broad SMARTS) is 1. The van der Waals surface area contributed by atoms with Crippen molar-refractivity contribution in [1.29, 1.82) is 0 Å². The molecular weight excluding hydrogens is 332 g/mol. The van der Waals surface area contributed by atoms with Gasteiger partial charge in [0.25, 0.3) is 5.78 Å². The summed E-state index contributed by atoms with van der Waals surface area (Å²) in [7, 11) is 0. The molecule has 0 radical (unpaired) electrons. The lowest BCUT2D eigenvalue weighted by atomic mass is 10.3. The maximum atomic E-state index is 10.7. The van der Waals surface area contributed by atoms with E-state index in [1.165, 1.54) is 0 Å². The molecule has 0 aliphatic carbocycles. The van der Waals surface area contributed by atoms with E-state index in [1.807, 2.05) is 18.2 Å². The molecule has 19 heavy (non-hydrogen) atoms. The SMILES string of the molecule is O=C(O)Cc1nc2nccc(-c3ccc(Br)s3)n2n1. The summed E-state index contributed by atoms with van der Waals surface area (Å²) < 4.78 is 2.58. The number of nitrogens with zero attached hydrogens (tertiary/aromatic N) is 4. The van der Waals surface area contributed by atoms with Gasteiger partial charge in [0.05, 0.1) is 14.4 Å². The van der Waals surface area contributed by atoms with Crippen LogP contribution in [-0.4, -0.2) is 30.7 Å². The van der Waals surface area contributed by atoms with Crippen LogP contribution in [0.3, 0.4) is 0 Å². The van der Waals surface area contributed by atoms with Gasteiger partial charge >= 0.3 is 5.97 Å². The monoisotopic (exact) mass is 338 g/mol.